The molecular formula is C12H23NO7. The first kappa shape index (κ1) is 16.1. The number of aliphatic hydroxyl groups excluding tert-OH is 5. The lowest BCUT2D eigenvalue weighted by atomic mass is 9.81. The van der Waals surface area contributed by atoms with E-state index in [2.05, 4.69) is 5.32 Å². The molecule has 20 heavy (non-hydrogen) atoms. The third-order valence-electron chi connectivity index (χ3n) is 4.12. The largest absolute Gasteiger partial charge is 0.394 e. The molecule has 0 bridgehead atoms. The molecule has 0 aromatic heterocycles. The molecule has 6 N–H and O–H groups in total. The molecule has 8 atom stereocenters. The Labute approximate surface area is 116 Å². The second-order valence-electron chi connectivity index (χ2n) is 5.41. The van der Waals surface area contributed by atoms with E-state index in [0.29, 0.717) is 13.0 Å². The molecule has 0 saturated carbocycles. The summed E-state index contributed by atoms with van der Waals surface area (Å²) in [4.78, 5) is 0. The number of nitrogens with one attached hydrogen (secondary N) is 1. The summed E-state index contributed by atoms with van der Waals surface area (Å²) in [5.41, 5.74) is 0. The van der Waals surface area contributed by atoms with Crippen molar-refractivity contribution in [2.45, 2.75) is 49.3 Å². The van der Waals surface area contributed by atoms with Crippen molar-refractivity contribution in [3.8, 4) is 0 Å². The lowest BCUT2D eigenvalue weighted by Crippen LogP contribution is -2.61. The normalized spacial score (nSPS) is 47.4. The van der Waals surface area contributed by atoms with E-state index in [1.807, 2.05) is 0 Å². The van der Waals surface area contributed by atoms with Gasteiger partial charge >= 0.3 is 0 Å². The van der Waals surface area contributed by atoms with E-state index in [0.717, 1.165) is 0 Å². The highest BCUT2D eigenvalue weighted by Gasteiger charge is 2.50. The molecule has 118 valence electrons. The lowest BCUT2D eigenvalue weighted by Gasteiger charge is -2.44. The first-order chi connectivity index (χ1) is 9.49. The van der Waals surface area contributed by atoms with Gasteiger partial charge in [-0.2, -0.15) is 0 Å². The summed E-state index contributed by atoms with van der Waals surface area (Å²) in [6.45, 7) is -0.0913. The average Bonchev–Trinajstić information content (AvgIpc) is 2.86. The minimum Gasteiger partial charge on any atom is -0.394 e. The zero-order valence-corrected chi connectivity index (χ0v) is 11.3. The Morgan fingerprint density at radius 3 is 2.50 bits per heavy atom. The minimum atomic E-state index is -1.23. The Bertz CT molecular complexity index is 302. The van der Waals surface area contributed by atoms with Crippen LogP contribution in [0.15, 0.2) is 0 Å². The van der Waals surface area contributed by atoms with Crippen LogP contribution in [0.5, 0.6) is 0 Å². The minimum absolute atomic E-state index is 0.333. The fourth-order valence-corrected chi connectivity index (χ4v) is 2.99. The molecule has 0 aromatic rings. The van der Waals surface area contributed by atoms with Crippen LogP contribution in [0.3, 0.4) is 0 Å². The highest BCUT2D eigenvalue weighted by Crippen LogP contribution is 2.31. The first-order valence-electron chi connectivity index (χ1n) is 6.74. The number of hydrogen-bond donors (Lipinski definition) is 6. The van der Waals surface area contributed by atoms with Gasteiger partial charge in [-0.05, 0) is 6.42 Å². The zero-order valence-electron chi connectivity index (χ0n) is 11.3. The van der Waals surface area contributed by atoms with Crippen LogP contribution < -0.4 is 5.32 Å². The Kier molecular flexibility index (Phi) is 5.32. The van der Waals surface area contributed by atoms with E-state index in [1.54, 1.807) is 0 Å². The smallest absolute Gasteiger partial charge is 0.184 e. The van der Waals surface area contributed by atoms with Gasteiger partial charge in [0.1, 0.15) is 12.2 Å². The van der Waals surface area contributed by atoms with Gasteiger partial charge in [0.25, 0.3) is 0 Å². The Hall–Kier alpha value is -0.320. The predicted molar refractivity (Wildman–Crippen MR) is 66.7 cm³/mol. The topological polar surface area (TPSA) is 132 Å². The van der Waals surface area contributed by atoms with Crippen LogP contribution in [0, 0.1) is 5.92 Å². The summed E-state index contributed by atoms with van der Waals surface area (Å²) in [5, 5.41) is 52.3. The summed E-state index contributed by atoms with van der Waals surface area (Å²) in [5.74, 6) is -0.936. The molecule has 0 aliphatic carbocycles. The summed E-state index contributed by atoms with van der Waals surface area (Å²) in [7, 11) is 1.33. The maximum Gasteiger partial charge on any atom is 0.184 e. The van der Waals surface area contributed by atoms with E-state index >= 15 is 0 Å². The molecular weight excluding hydrogens is 270 g/mol. The first-order valence-corrected chi connectivity index (χ1v) is 6.74. The standard InChI is InChI=1S/C12H23NO7/c1-19-12-11(18)8(10(17)7(4-14)20-12)9(16)6-2-5(15)3-13-6/h5-18H,2-4H2,1H3/t5-,6+,7-,8+,9+,10-,11-,12+/m1/s1. The molecule has 0 radical (unpaired) electrons. The van der Waals surface area contributed by atoms with Gasteiger partial charge in [-0.3, -0.25) is 0 Å². The molecule has 8 nitrogen and oxygen atoms in total. The summed E-state index contributed by atoms with van der Waals surface area (Å²) >= 11 is 0. The van der Waals surface area contributed by atoms with Gasteiger partial charge in [-0.15, -0.1) is 0 Å². The number of hydrogen-bond acceptors (Lipinski definition) is 8. The van der Waals surface area contributed by atoms with Gasteiger partial charge in [0.2, 0.25) is 0 Å². The number of β-amino-alcohol motifs (C(OH)–C–C–N with tert-alkyl or cyclic N) is 1. The molecule has 2 rings (SSSR count). The van der Waals surface area contributed by atoms with Crippen LogP contribution >= 0.6 is 0 Å². The summed E-state index contributed by atoms with van der Waals surface area (Å²) in [6, 6.07) is -0.436. The molecule has 2 aliphatic rings. The van der Waals surface area contributed by atoms with Crippen LogP contribution in [0.4, 0.5) is 0 Å². The van der Waals surface area contributed by atoms with Crippen LogP contribution in [0.25, 0.3) is 0 Å². The number of ether oxygens (including phenoxy) is 2. The van der Waals surface area contributed by atoms with Crippen LogP contribution in [0.1, 0.15) is 6.42 Å². The van der Waals surface area contributed by atoms with Crippen LogP contribution in [-0.2, 0) is 9.47 Å². The Morgan fingerprint density at radius 2 is 2.00 bits per heavy atom. The predicted octanol–water partition coefficient (Wildman–Crippen LogP) is -3.23. The highest BCUT2D eigenvalue weighted by atomic mass is 16.7. The van der Waals surface area contributed by atoms with Crippen molar-refractivity contribution in [1.82, 2.24) is 5.32 Å². The molecule has 0 aromatic carbocycles. The van der Waals surface area contributed by atoms with Gasteiger partial charge in [0, 0.05) is 25.6 Å². The van der Waals surface area contributed by atoms with Crippen molar-refractivity contribution in [2.75, 3.05) is 20.3 Å². The second kappa shape index (κ2) is 6.63. The highest BCUT2D eigenvalue weighted by molar-refractivity contribution is 4.98. The van der Waals surface area contributed by atoms with E-state index in [1.165, 1.54) is 7.11 Å². The SMILES string of the molecule is CO[C@H]1O[C@H](CO)[C@@H](O)[C@H]([C@@H](O)[C@@H]2C[C@@H](O)CN2)[C@H]1O. The zero-order chi connectivity index (χ0) is 14.9. The average molecular weight is 293 g/mol. The number of rotatable bonds is 4. The van der Waals surface area contributed by atoms with E-state index in [9.17, 15) is 25.5 Å². The van der Waals surface area contributed by atoms with Crippen molar-refractivity contribution in [3.05, 3.63) is 0 Å². The van der Waals surface area contributed by atoms with Crippen molar-refractivity contribution in [2.24, 2.45) is 5.92 Å². The molecule has 8 heteroatoms. The van der Waals surface area contributed by atoms with E-state index in [-0.39, 0.29) is 0 Å². The van der Waals surface area contributed by atoms with Crippen molar-refractivity contribution in [3.63, 3.8) is 0 Å². The fraction of sp³-hybridized carbons (Fsp3) is 1.00. The third-order valence-corrected chi connectivity index (χ3v) is 4.12. The van der Waals surface area contributed by atoms with Crippen molar-refractivity contribution < 1.29 is 35.0 Å². The monoisotopic (exact) mass is 293 g/mol. The van der Waals surface area contributed by atoms with Crippen LogP contribution in [0.2, 0.25) is 0 Å². The third kappa shape index (κ3) is 2.97. The summed E-state index contributed by atoms with van der Waals surface area (Å²) in [6.07, 6.45) is -5.73. The quantitative estimate of drug-likeness (QED) is 0.319. The lowest BCUT2D eigenvalue weighted by molar-refractivity contribution is -0.294. The van der Waals surface area contributed by atoms with Crippen molar-refractivity contribution >= 4 is 0 Å². The van der Waals surface area contributed by atoms with Gasteiger partial charge in [0.05, 0.1) is 24.9 Å². The molecule has 0 unspecified atom stereocenters. The molecule has 2 saturated heterocycles. The molecule has 2 heterocycles. The summed E-state index contributed by atoms with van der Waals surface area (Å²) < 4.78 is 10.2. The van der Waals surface area contributed by atoms with Crippen LogP contribution in [-0.4, -0.2) is 88.6 Å². The van der Waals surface area contributed by atoms with E-state index in [4.69, 9.17) is 9.47 Å². The second-order valence-corrected chi connectivity index (χ2v) is 5.41. The maximum atomic E-state index is 10.4. The van der Waals surface area contributed by atoms with E-state index < -0.39 is 55.4 Å². The Morgan fingerprint density at radius 1 is 1.30 bits per heavy atom. The molecule has 2 aliphatic heterocycles. The molecule has 2 fully saturated rings. The molecule has 0 spiro atoms. The van der Waals surface area contributed by atoms with Gasteiger partial charge < -0.3 is 40.3 Å². The van der Waals surface area contributed by atoms with Gasteiger partial charge in [-0.25, -0.2) is 0 Å². The van der Waals surface area contributed by atoms with Crippen molar-refractivity contribution in [1.29, 1.82) is 0 Å². The van der Waals surface area contributed by atoms with Gasteiger partial charge in [0.15, 0.2) is 6.29 Å². The fourth-order valence-electron chi connectivity index (χ4n) is 2.99. The number of aliphatic hydroxyl groups is 5. The number of methoxy groups -OCH3 is 1. The maximum absolute atomic E-state index is 10.4. The molecule has 0 amide bonds. The Balaban J connectivity index is 2.12. The van der Waals surface area contributed by atoms with Gasteiger partial charge in [-0.1, -0.05) is 0 Å².